The van der Waals surface area contributed by atoms with Gasteiger partial charge in [0.1, 0.15) is 13.2 Å². The van der Waals surface area contributed by atoms with Gasteiger partial charge in [-0.2, -0.15) is 0 Å². The first kappa shape index (κ1) is 13.5. The molecule has 1 aliphatic rings. The number of halogens is 1. The van der Waals surface area contributed by atoms with Gasteiger partial charge in [0.25, 0.3) is 0 Å². The Balaban J connectivity index is 2.37. The fraction of sp³-hybridized carbons (Fsp3) is 1.00. The molecule has 0 saturated carbocycles. The first-order valence-electron chi connectivity index (χ1n) is 4.42. The zero-order valence-corrected chi connectivity index (χ0v) is 10.5. The molecular weight excluding hydrogens is 265 g/mol. The van der Waals surface area contributed by atoms with Crippen molar-refractivity contribution in [3.8, 4) is 0 Å². The van der Waals surface area contributed by atoms with E-state index in [1.165, 1.54) is 0 Å². The van der Waals surface area contributed by atoms with Crippen LogP contribution >= 0.6 is 26.4 Å². The largest absolute Gasteiger partial charge is 0.697 e. The number of hydrogen-bond acceptors (Lipinski definition) is 6. The quantitative estimate of drug-likeness (QED) is 0.634. The van der Waals surface area contributed by atoms with Gasteiger partial charge >= 0.3 is 15.2 Å². The summed E-state index contributed by atoms with van der Waals surface area (Å²) in [6.45, 7) is -2.81. The zero-order chi connectivity index (χ0) is 11.1. The molecule has 9 heteroatoms. The molecule has 0 radical (unpaired) electrons. The Morgan fingerprint density at radius 3 is 1.93 bits per heavy atom. The van der Waals surface area contributed by atoms with Crippen LogP contribution < -0.4 is 0 Å². The van der Waals surface area contributed by atoms with Crippen LogP contribution in [0.15, 0.2) is 0 Å². The van der Waals surface area contributed by atoms with Gasteiger partial charge in [-0.05, 0) is 12.8 Å². The minimum absolute atomic E-state index is 0.129. The second-order valence-corrected chi connectivity index (χ2v) is 6.28. The molecule has 0 amide bonds. The summed E-state index contributed by atoms with van der Waals surface area (Å²) in [5.74, 6) is 0. The molecule has 88 valence electrons. The monoisotopic (exact) mass is 277 g/mol. The molecule has 0 aromatic carbocycles. The van der Waals surface area contributed by atoms with Gasteiger partial charge in [0, 0.05) is 15.8 Å². The third kappa shape index (κ3) is 6.59. The highest BCUT2D eigenvalue weighted by Crippen LogP contribution is 2.53. The van der Waals surface area contributed by atoms with E-state index < -0.39 is 15.2 Å². The maximum absolute atomic E-state index is 11.3. The predicted octanol–water partition coefficient (Wildman–Crippen LogP) is 2.85. The number of rotatable bonds is 0. The van der Waals surface area contributed by atoms with Gasteiger partial charge in [-0.1, -0.05) is 0 Å². The van der Waals surface area contributed by atoms with E-state index in [4.69, 9.17) is 29.3 Å². The lowest BCUT2D eigenvalue weighted by molar-refractivity contribution is 0.162. The van der Waals surface area contributed by atoms with Crippen molar-refractivity contribution < 1.29 is 27.2 Å². The molecule has 1 aliphatic heterocycles. The molecule has 1 fully saturated rings. The summed E-state index contributed by atoms with van der Waals surface area (Å²) in [5, 5.41) is 0. The van der Waals surface area contributed by atoms with E-state index in [0.29, 0.717) is 12.8 Å². The predicted molar refractivity (Wildman–Crippen MR) is 54.1 cm³/mol. The van der Waals surface area contributed by atoms with Crippen molar-refractivity contribution in [1.82, 2.24) is 0 Å². The van der Waals surface area contributed by atoms with Crippen LogP contribution in [-0.2, 0) is 27.2 Å². The van der Waals surface area contributed by atoms with Crippen molar-refractivity contribution in [2.24, 2.45) is 0 Å². The highest BCUT2D eigenvalue weighted by atomic mass is 35.7. The van der Waals surface area contributed by atoms with Crippen molar-refractivity contribution in [2.75, 3.05) is 26.4 Å². The van der Waals surface area contributed by atoms with Gasteiger partial charge in [0.15, 0.2) is 0 Å². The Bertz CT molecular complexity index is 240. The van der Waals surface area contributed by atoms with E-state index in [1.54, 1.807) is 0 Å². The first-order chi connectivity index (χ1) is 7.10. The lowest BCUT2D eigenvalue weighted by Gasteiger charge is -2.11. The van der Waals surface area contributed by atoms with Crippen molar-refractivity contribution in [3.05, 3.63) is 0 Å². The Morgan fingerprint density at radius 1 is 1.00 bits per heavy atom. The van der Waals surface area contributed by atoms with Gasteiger partial charge in [-0.15, -0.1) is 9.05 Å². The lowest BCUT2D eigenvalue weighted by Crippen LogP contribution is -2.02. The highest BCUT2D eigenvalue weighted by Gasteiger charge is 2.24. The highest BCUT2D eigenvalue weighted by molar-refractivity contribution is 7.81. The van der Waals surface area contributed by atoms with Crippen LogP contribution in [0.3, 0.4) is 0 Å². The number of hydrogen-bond donors (Lipinski definition) is 0. The summed E-state index contributed by atoms with van der Waals surface area (Å²) in [7, 11) is -2.07. The van der Waals surface area contributed by atoms with Gasteiger partial charge in [-0.25, -0.2) is 4.57 Å². The third-order valence-electron chi connectivity index (χ3n) is 1.46. The van der Waals surface area contributed by atoms with Crippen LogP contribution in [0.1, 0.15) is 12.8 Å². The van der Waals surface area contributed by atoms with Crippen LogP contribution in [0.4, 0.5) is 0 Å². The van der Waals surface area contributed by atoms with Crippen molar-refractivity contribution in [3.63, 3.8) is 0 Å². The van der Waals surface area contributed by atoms with Gasteiger partial charge in [-0.3, -0.25) is 9.05 Å². The summed E-state index contributed by atoms with van der Waals surface area (Å²) >= 11 is 5.47. The molecule has 0 N–H and O–H groups in total. The molecule has 1 heterocycles. The molecular formula is C6H12ClO6P2+. The average Bonchev–Trinajstić information content (AvgIpc) is 2.14. The third-order valence-corrected chi connectivity index (χ3v) is 3.82. The van der Waals surface area contributed by atoms with Crippen LogP contribution in [0.2, 0.25) is 0 Å². The minimum Gasteiger partial charge on any atom is -0.297 e. The van der Waals surface area contributed by atoms with E-state index >= 15 is 0 Å². The van der Waals surface area contributed by atoms with E-state index in [0.717, 1.165) is 0 Å². The zero-order valence-electron chi connectivity index (χ0n) is 7.96. The van der Waals surface area contributed by atoms with Crippen LogP contribution in [-0.4, -0.2) is 26.4 Å². The molecule has 0 aromatic rings. The second-order valence-electron chi connectivity index (χ2n) is 2.69. The Kier molecular flexibility index (Phi) is 6.24. The van der Waals surface area contributed by atoms with Crippen LogP contribution in [0.25, 0.3) is 0 Å². The fourth-order valence-electron chi connectivity index (χ4n) is 0.818. The molecule has 0 unspecified atom stereocenters. The SMILES string of the molecule is O=[P+]1OCCCOP(=O)(Cl)OCCCO1. The van der Waals surface area contributed by atoms with Crippen molar-refractivity contribution >= 4 is 26.4 Å². The average molecular weight is 278 g/mol. The normalized spacial score (nSPS) is 34.1. The van der Waals surface area contributed by atoms with E-state index in [1.807, 2.05) is 0 Å². The molecule has 0 aromatic heterocycles. The maximum atomic E-state index is 11.3. The lowest BCUT2D eigenvalue weighted by atomic mass is 10.5. The van der Waals surface area contributed by atoms with Crippen molar-refractivity contribution in [2.45, 2.75) is 12.8 Å². The van der Waals surface area contributed by atoms with Crippen molar-refractivity contribution in [1.29, 1.82) is 0 Å². The van der Waals surface area contributed by atoms with E-state index in [9.17, 15) is 9.13 Å². The Hall–Kier alpha value is 0.460. The molecule has 6 nitrogen and oxygen atoms in total. The molecule has 1 saturated heterocycles. The van der Waals surface area contributed by atoms with Gasteiger partial charge < -0.3 is 0 Å². The standard InChI is InChI=1S/C6H12ClO6P2/c7-15(9)12-5-1-3-10-14(8)11-4-2-6-13-15/h1-6H2/q+1. The van der Waals surface area contributed by atoms with Crippen LogP contribution in [0.5, 0.6) is 0 Å². The summed E-state index contributed by atoms with van der Waals surface area (Å²) < 4.78 is 41.6. The minimum atomic E-state index is -3.47. The summed E-state index contributed by atoms with van der Waals surface area (Å²) in [6, 6.07) is 0. The van der Waals surface area contributed by atoms with Crippen LogP contribution in [0, 0.1) is 0 Å². The van der Waals surface area contributed by atoms with Gasteiger partial charge in [0.2, 0.25) is 0 Å². The molecule has 0 aliphatic carbocycles. The molecule has 0 bridgehead atoms. The topological polar surface area (TPSA) is 71.1 Å². The molecule has 0 atom stereocenters. The molecule has 1 rings (SSSR count). The summed E-state index contributed by atoms with van der Waals surface area (Å²) in [4.78, 5) is 0. The van der Waals surface area contributed by atoms with E-state index in [-0.39, 0.29) is 26.4 Å². The smallest absolute Gasteiger partial charge is 0.297 e. The fourth-order valence-corrected chi connectivity index (χ4v) is 2.63. The summed E-state index contributed by atoms with van der Waals surface area (Å²) in [5.41, 5.74) is 0. The van der Waals surface area contributed by atoms with E-state index in [2.05, 4.69) is 0 Å². The first-order valence-corrected chi connectivity index (χ1v) is 7.96. The maximum Gasteiger partial charge on any atom is 0.697 e. The molecule has 15 heavy (non-hydrogen) atoms. The van der Waals surface area contributed by atoms with Gasteiger partial charge in [0.05, 0.1) is 13.2 Å². The summed E-state index contributed by atoms with van der Waals surface area (Å²) in [6.07, 6.45) is 0.842. The molecule has 0 spiro atoms. The second kappa shape index (κ2) is 6.92. The Labute approximate surface area is 93.4 Å². The Morgan fingerprint density at radius 2 is 1.47 bits per heavy atom.